The van der Waals surface area contributed by atoms with Crippen molar-refractivity contribution in [1.29, 1.82) is 0 Å². The second-order valence-corrected chi connectivity index (χ2v) is 8.54. The number of benzene rings is 2. The average molecular weight is 520 g/mol. The van der Waals surface area contributed by atoms with E-state index in [-0.39, 0.29) is 19.1 Å². The molecule has 33 heavy (non-hydrogen) atoms. The number of nitrogens with zero attached hydrogens (tertiary/aromatic N) is 1. The molecule has 0 radical (unpaired) electrons. The lowest BCUT2D eigenvalue weighted by Gasteiger charge is -2.24. The predicted molar refractivity (Wildman–Crippen MR) is 129 cm³/mol. The molecule has 0 saturated heterocycles. The van der Waals surface area contributed by atoms with E-state index in [1.54, 1.807) is 7.11 Å². The Labute approximate surface area is 202 Å². The molecule has 178 valence electrons. The predicted octanol–water partition coefficient (Wildman–Crippen LogP) is 2.63. The van der Waals surface area contributed by atoms with Crippen molar-refractivity contribution < 1.29 is 24.1 Å². The van der Waals surface area contributed by atoms with Gasteiger partial charge in [-0.15, -0.1) is 0 Å². The fourth-order valence-electron chi connectivity index (χ4n) is 3.35. The van der Waals surface area contributed by atoms with Crippen LogP contribution in [0.3, 0.4) is 0 Å². The Balaban J connectivity index is 1.77. The number of methoxy groups -OCH3 is 1. The van der Waals surface area contributed by atoms with Gasteiger partial charge in [0.1, 0.15) is 12.4 Å². The number of hydrazine groups is 1. The fraction of sp³-hybridized carbons (Fsp3) is 0.417. The third-order valence-electron chi connectivity index (χ3n) is 5.15. The average Bonchev–Trinajstić information content (AvgIpc) is 3.26. The number of nitrogens with one attached hydrogen (secondary N) is 2. The van der Waals surface area contributed by atoms with Crippen LogP contribution >= 0.6 is 15.9 Å². The zero-order valence-corrected chi connectivity index (χ0v) is 20.3. The van der Waals surface area contributed by atoms with Crippen LogP contribution in [0.4, 0.5) is 0 Å². The van der Waals surface area contributed by atoms with E-state index < -0.39 is 5.54 Å². The number of aliphatic imine (C=N–C) groups is 1. The van der Waals surface area contributed by atoms with Crippen molar-refractivity contribution in [1.82, 2.24) is 10.9 Å². The van der Waals surface area contributed by atoms with Crippen LogP contribution in [0, 0.1) is 0 Å². The number of carbonyl (C=O) groups excluding carboxylic acids is 1. The van der Waals surface area contributed by atoms with Crippen molar-refractivity contribution in [2.75, 3.05) is 40.1 Å². The Bertz CT molecular complexity index is 938. The number of aliphatic hydroxyl groups excluding tert-OH is 1. The minimum absolute atomic E-state index is 0.0889. The molecule has 3 N–H and O–H groups in total. The Hall–Kier alpha value is -2.46. The molecule has 0 bridgehead atoms. The van der Waals surface area contributed by atoms with Gasteiger partial charge in [0, 0.05) is 49.7 Å². The second kappa shape index (κ2) is 12.7. The maximum atomic E-state index is 13.2. The minimum Gasteiger partial charge on any atom is -0.494 e. The van der Waals surface area contributed by atoms with Crippen molar-refractivity contribution in [3.8, 4) is 5.75 Å². The minimum atomic E-state index is -1.11. The van der Waals surface area contributed by atoms with Gasteiger partial charge in [-0.05, 0) is 42.3 Å². The molecule has 0 unspecified atom stereocenters. The van der Waals surface area contributed by atoms with Crippen molar-refractivity contribution >= 4 is 27.7 Å². The van der Waals surface area contributed by atoms with E-state index in [2.05, 4.69) is 26.8 Å². The summed E-state index contributed by atoms with van der Waals surface area (Å²) in [5.41, 5.74) is 6.37. The molecule has 3 rings (SSSR count). The molecule has 1 amide bonds. The highest BCUT2D eigenvalue weighted by Gasteiger charge is 2.44. The summed E-state index contributed by atoms with van der Waals surface area (Å²) in [7, 11) is 1.64. The molecule has 1 atom stereocenters. The normalized spacial score (nSPS) is 17.4. The molecule has 0 saturated carbocycles. The molecular weight excluding hydrogens is 490 g/mol. The number of hydrogen-bond acceptors (Lipinski definition) is 7. The van der Waals surface area contributed by atoms with E-state index in [0.29, 0.717) is 44.2 Å². The molecule has 8 nitrogen and oxygen atoms in total. The van der Waals surface area contributed by atoms with Gasteiger partial charge in [-0.2, -0.15) is 0 Å². The summed E-state index contributed by atoms with van der Waals surface area (Å²) in [6.07, 6.45) is 1.72. The molecule has 1 aliphatic rings. The van der Waals surface area contributed by atoms with Crippen LogP contribution in [0.1, 0.15) is 24.0 Å². The largest absolute Gasteiger partial charge is 0.494 e. The third kappa shape index (κ3) is 7.01. The monoisotopic (exact) mass is 519 g/mol. The molecule has 9 heteroatoms. The van der Waals surface area contributed by atoms with Crippen LogP contribution in [-0.4, -0.2) is 62.5 Å². The highest BCUT2D eigenvalue weighted by Crippen LogP contribution is 2.30. The van der Waals surface area contributed by atoms with Crippen LogP contribution in [0.5, 0.6) is 5.75 Å². The van der Waals surface area contributed by atoms with Gasteiger partial charge in [0.05, 0.1) is 6.61 Å². The summed E-state index contributed by atoms with van der Waals surface area (Å²) < 4.78 is 17.5. The van der Waals surface area contributed by atoms with E-state index in [4.69, 9.17) is 24.3 Å². The van der Waals surface area contributed by atoms with E-state index in [1.807, 2.05) is 48.5 Å². The Morgan fingerprint density at radius 3 is 2.70 bits per heavy atom. The Kier molecular flexibility index (Phi) is 9.68. The topological polar surface area (TPSA) is 101 Å². The van der Waals surface area contributed by atoms with Gasteiger partial charge in [-0.3, -0.25) is 10.2 Å². The molecular formula is C24H30BrN3O5. The Morgan fingerprint density at radius 2 is 1.97 bits per heavy atom. The Morgan fingerprint density at radius 1 is 1.18 bits per heavy atom. The first kappa shape index (κ1) is 25.2. The lowest BCUT2D eigenvalue weighted by molar-refractivity contribution is -0.127. The summed E-state index contributed by atoms with van der Waals surface area (Å²) >= 11 is 3.57. The quantitative estimate of drug-likeness (QED) is 0.277. The smallest absolute Gasteiger partial charge is 0.266 e. The molecule has 1 aliphatic heterocycles. The number of amides is 1. The van der Waals surface area contributed by atoms with Crippen molar-refractivity contribution in [3.05, 3.63) is 64.1 Å². The maximum absolute atomic E-state index is 13.2. The first-order chi connectivity index (χ1) is 16.1. The number of hydrogen-bond donors (Lipinski definition) is 3. The summed E-state index contributed by atoms with van der Waals surface area (Å²) in [5, 5.41) is 8.88. The summed E-state index contributed by atoms with van der Waals surface area (Å²) in [5.74, 6) is 0.858. The molecule has 1 heterocycles. The fourth-order valence-corrected chi connectivity index (χ4v) is 3.78. The van der Waals surface area contributed by atoms with E-state index >= 15 is 0 Å². The molecule has 0 aliphatic carbocycles. The van der Waals surface area contributed by atoms with Gasteiger partial charge in [-0.25, -0.2) is 10.4 Å². The lowest BCUT2D eigenvalue weighted by Crippen LogP contribution is -2.53. The highest BCUT2D eigenvalue weighted by atomic mass is 79.9. The first-order valence-electron chi connectivity index (χ1n) is 10.9. The van der Waals surface area contributed by atoms with Crippen LogP contribution in [0.2, 0.25) is 0 Å². The van der Waals surface area contributed by atoms with Gasteiger partial charge >= 0.3 is 0 Å². The van der Waals surface area contributed by atoms with E-state index in [9.17, 15) is 4.79 Å². The van der Waals surface area contributed by atoms with Crippen LogP contribution in [-0.2, 0) is 20.7 Å². The maximum Gasteiger partial charge on any atom is 0.266 e. The first-order valence-corrected chi connectivity index (χ1v) is 11.7. The number of carbonyl (C=O) groups is 1. The van der Waals surface area contributed by atoms with Gasteiger partial charge in [0.2, 0.25) is 5.90 Å². The van der Waals surface area contributed by atoms with Gasteiger partial charge < -0.3 is 19.3 Å². The zero-order chi connectivity index (χ0) is 23.5. The summed E-state index contributed by atoms with van der Waals surface area (Å²) in [6.45, 7) is 1.85. The number of ether oxygens (including phenoxy) is 3. The third-order valence-corrected chi connectivity index (χ3v) is 5.92. The van der Waals surface area contributed by atoms with Gasteiger partial charge in [0.15, 0.2) is 5.54 Å². The second-order valence-electron chi connectivity index (χ2n) is 7.68. The van der Waals surface area contributed by atoms with Crippen molar-refractivity contribution in [2.45, 2.75) is 24.8 Å². The number of aliphatic hydroxyl groups is 1. The van der Waals surface area contributed by atoms with E-state index in [0.717, 1.165) is 22.0 Å². The van der Waals surface area contributed by atoms with Gasteiger partial charge in [0.25, 0.3) is 5.91 Å². The van der Waals surface area contributed by atoms with E-state index in [1.165, 1.54) is 0 Å². The summed E-state index contributed by atoms with van der Waals surface area (Å²) in [6, 6.07) is 15.1. The molecule has 2 aromatic carbocycles. The van der Waals surface area contributed by atoms with Crippen LogP contribution in [0.15, 0.2) is 58.0 Å². The van der Waals surface area contributed by atoms with Crippen LogP contribution < -0.4 is 15.6 Å². The van der Waals surface area contributed by atoms with Gasteiger partial charge in [-0.1, -0.05) is 34.1 Å². The standard InChI is InChI=1S/C24H30BrN3O5/c1-31-14-4-12-26-28-23(30)24(16-19-6-2-3-7-21(19)25)17-33-22(27-24)18-8-10-20(11-9-18)32-15-5-13-29/h2-3,6-11,26,29H,4-5,12-17H2,1H3,(H,28,30)/t24-/m0/s1. The lowest BCUT2D eigenvalue weighted by atomic mass is 9.91. The molecule has 0 fully saturated rings. The zero-order valence-electron chi connectivity index (χ0n) is 18.7. The number of halogens is 1. The molecule has 0 aromatic heterocycles. The van der Waals surface area contributed by atoms with Crippen LogP contribution in [0.25, 0.3) is 0 Å². The SMILES string of the molecule is COCCCNNC(=O)[C@]1(Cc2ccccc2Br)COC(c2ccc(OCCCO)cc2)=N1. The summed E-state index contributed by atoms with van der Waals surface area (Å²) in [4.78, 5) is 18.0. The number of rotatable bonds is 13. The van der Waals surface area contributed by atoms with Crippen molar-refractivity contribution in [3.63, 3.8) is 0 Å². The molecule has 0 spiro atoms. The highest BCUT2D eigenvalue weighted by molar-refractivity contribution is 9.10. The van der Waals surface area contributed by atoms with Crippen molar-refractivity contribution in [2.24, 2.45) is 4.99 Å². The molecule has 2 aromatic rings.